The highest BCUT2D eigenvalue weighted by molar-refractivity contribution is 6.04. The molecule has 23 heavy (non-hydrogen) atoms. The number of carbonyl (C=O) groups excluding carboxylic acids is 1. The maximum absolute atomic E-state index is 12.7. The van der Waals surface area contributed by atoms with E-state index in [4.69, 9.17) is 4.42 Å². The number of amides is 1. The fourth-order valence-corrected chi connectivity index (χ4v) is 3.66. The van der Waals surface area contributed by atoms with Gasteiger partial charge in [-0.25, -0.2) is 0 Å². The highest BCUT2D eigenvalue weighted by Crippen LogP contribution is 2.31. The van der Waals surface area contributed by atoms with E-state index in [1.807, 2.05) is 32.3 Å². The number of anilines is 1. The lowest BCUT2D eigenvalue weighted by atomic mass is 9.86. The third-order valence-corrected chi connectivity index (χ3v) is 4.98. The molecule has 5 rings (SSSR count). The molecule has 6 nitrogen and oxygen atoms in total. The van der Waals surface area contributed by atoms with Crippen molar-refractivity contribution in [3.8, 4) is 0 Å². The lowest BCUT2D eigenvalue weighted by Crippen LogP contribution is -2.56. The summed E-state index contributed by atoms with van der Waals surface area (Å²) in [7, 11) is 3.74. The van der Waals surface area contributed by atoms with Gasteiger partial charge in [0.05, 0.1) is 11.7 Å². The maximum atomic E-state index is 12.7. The van der Waals surface area contributed by atoms with Crippen LogP contribution in [-0.4, -0.2) is 49.1 Å². The average molecular weight is 314 g/mol. The number of para-hydroxylation sites is 1. The average Bonchev–Trinajstić information content (AvgIpc) is 3.00. The van der Waals surface area contributed by atoms with Crippen LogP contribution in [0.5, 0.6) is 0 Å². The van der Waals surface area contributed by atoms with E-state index in [1.54, 1.807) is 4.90 Å². The molecular weight excluding hydrogens is 292 g/mol. The van der Waals surface area contributed by atoms with E-state index in [9.17, 15) is 4.79 Å². The van der Waals surface area contributed by atoms with Crippen LogP contribution in [0, 0.1) is 5.92 Å². The van der Waals surface area contributed by atoms with E-state index in [1.165, 1.54) is 12.8 Å². The zero-order valence-electron chi connectivity index (χ0n) is 13.6. The van der Waals surface area contributed by atoms with Crippen LogP contribution < -0.4 is 10.2 Å². The van der Waals surface area contributed by atoms with Gasteiger partial charge in [0.2, 0.25) is 0 Å². The normalized spacial score (nSPS) is 26.4. The van der Waals surface area contributed by atoms with Gasteiger partial charge in [0.1, 0.15) is 5.52 Å². The van der Waals surface area contributed by atoms with E-state index in [0.29, 0.717) is 22.7 Å². The van der Waals surface area contributed by atoms with Crippen molar-refractivity contribution >= 4 is 23.0 Å². The zero-order valence-corrected chi connectivity index (χ0v) is 13.6. The van der Waals surface area contributed by atoms with Crippen LogP contribution in [0.1, 0.15) is 29.6 Å². The van der Waals surface area contributed by atoms with E-state index in [-0.39, 0.29) is 12.1 Å². The second kappa shape index (κ2) is 5.53. The molecule has 3 fully saturated rings. The summed E-state index contributed by atoms with van der Waals surface area (Å²) < 4.78 is 5.68. The molecule has 122 valence electrons. The Morgan fingerprint density at radius 2 is 2.13 bits per heavy atom. The second-order valence-electron chi connectivity index (χ2n) is 6.75. The topological polar surface area (TPSA) is 61.6 Å². The minimum Gasteiger partial charge on any atom is -0.423 e. The summed E-state index contributed by atoms with van der Waals surface area (Å²) in [5, 5.41) is 3.19. The van der Waals surface area contributed by atoms with Gasteiger partial charge in [0.25, 0.3) is 11.9 Å². The number of hydrogen-bond acceptors (Lipinski definition) is 5. The van der Waals surface area contributed by atoms with Gasteiger partial charge in [-0.2, -0.15) is 4.98 Å². The van der Waals surface area contributed by atoms with Gasteiger partial charge >= 0.3 is 0 Å². The van der Waals surface area contributed by atoms with Crippen LogP contribution in [0.2, 0.25) is 0 Å². The Morgan fingerprint density at radius 3 is 2.78 bits per heavy atom. The summed E-state index contributed by atoms with van der Waals surface area (Å²) in [6.45, 7) is 2.18. The summed E-state index contributed by atoms with van der Waals surface area (Å²) in [5.74, 6) is 0.695. The largest absolute Gasteiger partial charge is 0.423 e. The number of nitrogens with zero attached hydrogens (tertiary/aromatic N) is 3. The number of piperidine rings is 3. The second-order valence-corrected chi connectivity index (χ2v) is 6.75. The van der Waals surface area contributed by atoms with Crippen molar-refractivity contribution in [1.82, 2.24) is 15.2 Å². The molecular formula is C17H22N4O2. The highest BCUT2D eigenvalue weighted by Gasteiger charge is 2.34. The standard InChI is InChI=1S/C17H22N4O2/c1-20(2)17-19-15-12(4-3-5-13(15)23-17)16(22)18-14-10-11-6-8-21(14)9-7-11/h3-5,11,14H,6-10H2,1-2H3,(H,18,22)/t14-/m0/s1. The number of carbonyl (C=O) groups is 1. The molecule has 0 spiro atoms. The summed E-state index contributed by atoms with van der Waals surface area (Å²) in [6.07, 6.45) is 3.74. The Hall–Kier alpha value is -2.08. The van der Waals surface area contributed by atoms with Crippen molar-refractivity contribution in [1.29, 1.82) is 0 Å². The van der Waals surface area contributed by atoms with Gasteiger partial charge in [0, 0.05) is 27.2 Å². The van der Waals surface area contributed by atoms with Gasteiger partial charge in [0.15, 0.2) is 5.58 Å². The van der Waals surface area contributed by atoms with Crippen molar-refractivity contribution in [3.63, 3.8) is 0 Å². The number of aromatic nitrogens is 1. The van der Waals surface area contributed by atoms with Crippen molar-refractivity contribution in [2.24, 2.45) is 5.92 Å². The summed E-state index contributed by atoms with van der Waals surface area (Å²) >= 11 is 0. The Bertz CT molecular complexity index is 731. The summed E-state index contributed by atoms with van der Waals surface area (Å²) in [4.78, 5) is 21.4. The quantitative estimate of drug-likeness (QED) is 0.939. The van der Waals surface area contributed by atoms with Crippen molar-refractivity contribution in [2.75, 3.05) is 32.1 Å². The molecule has 1 N–H and O–H groups in total. The smallest absolute Gasteiger partial charge is 0.297 e. The molecule has 0 saturated carbocycles. The van der Waals surface area contributed by atoms with E-state index in [2.05, 4.69) is 15.2 Å². The van der Waals surface area contributed by atoms with E-state index in [0.717, 1.165) is 25.4 Å². The van der Waals surface area contributed by atoms with Crippen LogP contribution in [0.25, 0.3) is 11.1 Å². The van der Waals surface area contributed by atoms with Crippen LogP contribution in [-0.2, 0) is 0 Å². The first kappa shape index (κ1) is 14.5. The first-order chi connectivity index (χ1) is 11.1. The molecule has 0 radical (unpaired) electrons. The van der Waals surface area contributed by atoms with Crippen LogP contribution in [0.4, 0.5) is 6.01 Å². The molecule has 2 aromatic rings. The third-order valence-electron chi connectivity index (χ3n) is 4.98. The van der Waals surface area contributed by atoms with Gasteiger partial charge in [-0.1, -0.05) is 6.07 Å². The van der Waals surface area contributed by atoms with Gasteiger partial charge in [-0.05, 0) is 37.3 Å². The lowest BCUT2D eigenvalue weighted by molar-refractivity contribution is 0.0295. The highest BCUT2D eigenvalue weighted by atomic mass is 16.4. The SMILES string of the molecule is CN(C)c1nc2c(C(=O)N[C@@H]3CC4CCN3CC4)cccc2o1. The molecule has 1 aromatic heterocycles. The first-order valence-electron chi connectivity index (χ1n) is 8.23. The first-order valence-corrected chi connectivity index (χ1v) is 8.23. The number of hydrogen-bond donors (Lipinski definition) is 1. The maximum Gasteiger partial charge on any atom is 0.297 e. The van der Waals surface area contributed by atoms with Crippen LogP contribution in [0.15, 0.2) is 22.6 Å². The van der Waals surface area contributed by atoms with Crippen molar-refractivity contribution in [3.05, 3.63) is 23.8 Å². The van der Waals surface area contributed by atoms with Crippen molar-refractivity contribution in [2.45, 2.75) is 25.4 Å². The molecule has 6 heteroatoms. The monoisotopic (exact) mass is 314 g/mol. The molecule has 3 aliphatic rings. The fraction of sp³-hybridized carbons (Fsp3) is 0.529. The fourth-order valence-electron chi connectivity index (χ4n) is 3.66. The molecule has 0 unspecified atom stereocenters. The number of fused-ring (bicyclic) bond motifs is 4. The molecule has 2 bridgehead atoms. The summed E-state index contributed by atoms with van der Waals surface area (Å²) in [6, 6.07) is 6.02. The molecule has 3 saturated heterocycles. The summed E-state index contributed by atoms with van der Waals surface area (Å²) in [5.41, 5.74) is 1.86. The number of rotatable bonds is 3. The Balaban J connectivity index is 1.59. The van der Waals surface area contributed by atoms with E-state index >= 15 is 0 Å². The molecule has 1 atom stereocenters. The molecule has 0 aliphatic carbocycles. The predicted molar refractivity (Wildman–Crippen MR) is 88.5 cm³/mol. The lowest BCUT2D eigenvalue weighted by Gasteiger charge is -2.45. The van der Waals surface area contributed by atoms with Crippen LogP contribution >= 0.6 is 0 Å². The van der Waals surface area contributed by atoms with E-state index < -0.39 is 0 Å². The Kier molecular flexibility index (Phi) is 3.49. The van der Waals surface area contributed by atoms with Gasteiger partial charge in [-0.15, -0.1) is 0 Å². The minimum atomic E-state index is -0.0632. The zero-order chi connectivity index (χ0) is 16.0. The van der Waals surface area contributed by atoms with Crippen LogP contribution in [0.3, 0.4) is 0 Å². The minimum absolute atomic E-state index is 0.0632. The number of benzene rings is 1. The van der Waals surface area contributed by atoms with Crippen molar-refractivity contribution < 1.29 is 9.21 Å². The molecule has 4 heterocycles. The predicted octanol–water partition coefficient (Wildman–Crippen LogP) is 2.07. The Morgan fingerprint density at radius 1 is 1.35 bits per heavy atom. The van der Waals surface area contributed by atoms with Gasteiger partial charge < -0.3 is 14.6 Å². The number of oxazole rings is 1. The third kappa shape index (κ3) is 2.57. The number of nitrogens with one attached hydrogen (secondary N) is 1. The van der Waals surface area contributed by atoms with Gasteiger partial charge in [-0.3, -0.25) is 9.69 Å². The Labute approximate surface area is 135 Å². The molecule has 1 aromatic carbocycles. The molecule has 3 aliphatic heterocycles. The molecule has 1 amide bonds.